The molecule has 2 heterocycles. The average molecular weight is 248 g/mol. The van der Waals surface area contributed by atoms with E-state index in [0.717, 1.165) is 30.3 Å². The van der Waals surface area contributed by atoms with Crippen molar-refractivity contribution in [1.82, 2.24) is 19.3 Å². The fourth-order valence-electron chi connectivity index (χ4n) is 2.18. The SMILES string of the molecule is CCn1ccnc1CC(O)c1cc(C)nn1CC. The highest BCUT2D eigenvalue weighted by Crippen LogP contribution is 2.18. The second-order valence-electron chi connectivity index (χ2n) is 4.38. The molecule has 0 radical (unpaired) electrons. The molecule has 2 aromatic heterocycles. The van der Waals surface area contributed by atoms with Crippen LogP contribution < -0.4 is 0 Å². The van der Waals surface area contributed by atoms with Gasteiger partial charge in [0.2, 0.25) is 0 Å². The minimum atomic E-state index is -0.557. The third-order valence-corrected chi connectivity index (χ3v) is 3.09. The molecule has 0 aliphatic rings. The lowest BCUT2D eigenvalue weighted by Gasteiger charge is -2.12. The molecule has 1 unspecified atom stereocenters. The van der Waals surface area contributed by atoms with E-state index in [1.807, 2.05) is 35.4 Å². The van der Waals surface area contributed by atoms with Crippen LogP contribution in [0.2, 0.25) is 0 Å². The van der Waals surface area contributed by atoms with Crippen molar-refractivity contribution in [1.29, 1.82) is 0 Å². The maximum Gasteiger partial charge on any atom is 0.111 e. The van der Waals surface area contributed by atoms with Gasteiger partial charge in [-0.15, -0.1) is 0 Å². The molecule has 0 fully saturated rings. The first kappa shape index (κ1) is 12.8. The Hall–Kier alpha value is -1.62. The van der Waals surface area contributed by atoms with Crippen LogP contribution in [0.4, 0.5) is 0 Å². The van der Waals surface area contributed by atoms with E-state index in [2.05, 4.69) is 17.0 Å². The Kier molecular flexibility index (Phi) is 3.81. The van der Waals surface area contributed by atoms with E-state index in [-0.39, 0.29) is 0 Å². The quantitative estimate of drug-likeness (QED) is 0.876. The third-order valence-electron chi connectivity index (χ3n) is 3.09. The summed E-state index contributed by atoms with van der Waals surface area (Å²) < 4.78 is 3.89. The molecule has 0 aliphatic carbocycles. The zero-order valence-corrected chi connectivity index (χ0v) is 11.2. The van der Waals surface area contributed by atoms with Crippen LogP contribution in [0.25, 0.3) is 0 Å². The van der Waals surface area contributed by atoms with E-state index < -0.39 is 6.10 Å². The molecule has 98 valence electrons. The Bertz CT molecular complexity index is 515. The zero-order chi connectivity index (χ0) is 13.1. The van der Waals surface area contributed by atoms with Gasteiger partial charge >= 0.3 is 0 Å². The number of aliphatic hydroxyl groups excluding tert-OH is 1. The Labute approximate surface area is 107 Å². The Balaban J connectivity index is 2.18. The summed E-state index contributed by atoms with van der Waals surface area (Å²) in [5.74, 6) is 0.909. The monoisotopic (exact) mass is 248 g/mol. The van der Waals surface area contributed by atoms with Crippen molar-refractivity contribution in [3.8, 4) is 0 Å². The second-order valence-corrected chi connectivity index (χ2v) is 4.38. The average Bonchev–Trinajstić information content (AvgIpc) is 2.94. The molecule has 0 aromatic carbocycles. The number of aryl methyl sites for hydroxylation is 3. The molecule has 2 aromatic rings. The highest BCUT2D eigenvalue weighted by Gasteiger charge is 2.16. The van der Waals surface area contributed by atoms with Gasteiger partial charge in [0.25, 0.3) is 0 Å². The molecule has 18 heavy (non-hydrogen) atoms. The van der Waals surface area contributed by atoms with Gasteiger partial charge in [0.05, 0.1) is 11.4 Å². The largest absolute Gasteiger partial charge is 0.386 e. The number of hydrogen-bond acceptors (Lipinski definition) is 3. The van der Waals surface area contributed by atoms with Crippen LogP contribution in [0, 0.1) is 6.92 Å². The van der Waals surface area contributed by atoms with Crippen molar-refractivity contribution < 1.29 is 5.11 Å². The van der Waals surface area contributed by atoms with E-state index in [9.17, 15) is 5.11 Å². The zero-order valence-electron chi connectivity index (χ0n) is 11.2. The van der Waals surface area contributed by atoms with E-state index in [4.69, 9.17) is 0 Å². The molecule has 0 aliphatic heterocycles. The van der Waals surface area contributed by atoms with Crippen molar-refractivity contribution >= 4 is 0 Å². The fraction of sp³-hybridized carbons (Fsp3) is 0.538. The molecule has 5 heteroatoms. The van der Waals surface area contributed by atoms with Crippen LogP contribution >= 0.6 is 0 Å². The molecule has 0 bridgehead atoms. The first-order chi connectivity index (χ1) is 8.65. The van der Waals surface area contributed by atoms with Crippen LogP contribution in [-0.2, 0) is 19.5 Å². The van der Waals surface area contributed by atoms with Crippen molar-refractivity contribution in [2.75, 3.05) is 0 Å². The van der Waals surface area contributed by atoms with Crippen molar-refractivity contribution in [2.24, 2.45) is 0 Å². The molecule has 2 rings (SSSR count). The van der Waals surface area contributed by atoms with Crippen LogP contribution in [0.1, 0.15) is 37.2 Å². The Morgan fingerprint density at radius 2 is 2.11 bits per heavy atom. The summed E-state index contributed by atoms with van der Waals surface area (Å²) in [5, 5.41) is 14.7. The van der Waals surface area contributed by atoms with Crippen LogP contribution in [0.5, 0.6) is 0 Å². The highest BCUT2D eigenvalue weighted by atomic mass is 16.3. The summed E-state index contributed by atoms with van der Waals surface area (Å²) in [5.41, 5.74) is 1.80. The Morgan fingerprint density at radius 3 is 2.78 bits per heavy atom. The summed E-state index contributed by atoms with van der Waals surface area (Å²) in [6, 6.07) is 1.94. The van der Waals surface area contributed by atoms with Crippen molar-refractivity contribution in [3.05, 3.63) is 35.7 Å². The highest BCUT2D eigenvalue weighted by molar-refractivity contribution is 5.13. The summed E-state index contributed by atoms with van der Waals surface area (Å²) >= 11 is 0. The van der Waals surface area contributed by atoms with Gasteiger partial charge in [-0.1, -0.05) is 0 Å². The van der Waals surface area contributed by atoms with Gasteiger partial charge in [0, 0.05) is 31.9 Å². The predicted octanol–water partition coefficient (Wildman–Crippen LogP) is 1.70. The van der Waals surface area contributed by atoms with Gasteiger partial charge in [-0.3, -0.25) is 4.68 Å². The van der Waals surface area contributed by atoms with E-state index in [1.54, 1.807) is 6.20 Å². The van der Waals surface area contributed by atoms with Gasteiger partial charge in [0.1, 0.15) is 11.9 Å². The van der Waals surface area contributed by atoms with Gasteiger partial charge in [-0.2, -0.15) is 5.10 Å². The molecule has 0 spiro atoms. The number of aromatic nitrogens is 4. The van der Waals surface area contributed by atoms with E-state index >= 15 is 0 Å². The van der Waals surface area contributed by atoms with Gasteiger partial charge < -0.3 is 9.67 Å². The van der Waals surface area contributed by atoms with Crippen molar-refractivity contribution in [2.45, 2.75) is 46.4 Å². The molecule has 0 amide bonds. The molecular weight excluding hydrogens is 228 g/mol. The van der Waals surface area contributed by atoms with Crippen LogP contribution in [0.3, 0.4) is 0 Å². The number of aliphatic hydroxyl groups is 1. The number of nitrogens with zero attached hydrogens (tertiary/aromatic N) is 4. The topological polar surface area (TPSA) is 55.9 Å². The lowest BCUT2D eigenvalue weighted by molar-refractivity contribution is 0.163. The number of hydrogen-bond donors (Lipinski definition) is 1. The molecule has 0 saturated heterocycles. The molecule has 0 saturated carbocycles. The maximum atomic E-state index is 10.3. The maximum absolute atomic E-state index is 10.3. The summed E-state index contributed by atoms with van der Waals surface area (Å²) in [4.78, 5) is 4.29. The summed E-state index contributed by atoms with van der Waals surface area (Å²) in [6.45, 7) is 7.67. The second kappa shape index (κ2) is 5.35. The predicted molar refractivity (Wildman–Crippen MR) is 69.2 cm³/mol. The first-order valence-corrected chi connectivity index (χ1v) is 6.38. The van der Waals surface area contributed by atoms with Gasteiger partial charge in [-0.25, -0.2) is 4.98 Å². The van der Waals surface area contributed by atoms with Crippen LogP contribution in [-0.4, -0.2) is 24.4 Å². The van der Waals surface area contributed by atoms with Crippen molar-refractivity contribution in [3.63, 3.8) is 0 Å². The minimum absolute atomic E-state index is 0.520. The lowest BCUT2D eigenvalue weighted by Crippen LogP contribution is -2.13. The van der Waals surface area contributed by atoms with E-state index in [0.29, 0.717) is 6.42 Å². The first-order valence-electron chi connectivity index (χ1n) is 6.38. The standard InChI is InChI=1S/C13H20N4O/c1-4-16-7-6-14-13(16)9-12(18)11-8-10(3)15-17(11)5-2/h6-8,12,18H,4-5,9H2,1-3H3. The minimum Gasteiger partial charge on any atom is -0.386 e. The molecule has 1 N–H and O–H groups in total. The van der Waals surface area contributed by atoms with E-state index in [1.165, 1.54) is 0 Å². The molecule has 1 atom stereocenters. The molecular formula is C13H20N4O. The normalized spacial score (nSPS) is 12.9. The number of rotatable bonds is 5. The number of imidazole rings is 1. The van der Waals surface area contributed by atoms with Gasteiger partial charge in [-0.05, 0) is 26.8 Å². The lowest BCUT2D eigenvalue weighted by atomic mass is 10.1. The van der Waals surface area contributed by atoms with Gasteiger partial charge in [0.15, 0.2) is 0 Å². The fourth-order valence-corrected chi connectivity index (χ4v) is 2.18. The summed E-state index contributed by atoms with van der Waals surface area (Å²) in [6.07, 6.45) is 3.67. The van der Waals surface area contributed by atoms with Crippen LogP contribution in [0.15, 0.2) is 18.5 Å². The molecule has 5 nitrogen and oxygen atoms in total. The smallest absolute Gasteiger partial charge is 0.111 e. The third kappa shape index (κ3) is 2.46. The Morgan fingerprint density at radius 1 is 1.33 bits per heavy atom. The summed E-state index contributed by atoms with van der Waals surface area (Å²) in [7, 11) is 0.